The number of piperidine rings is 1. The average Bonchev–Trinajstić information content (AvgIpc) is 2.69. The number of benzene rings is 2. The van der Waals surface area contributed by atoms with Gasteiger partial charge >= 0.3 is 0 Å². The van der Waals surface area contributed by atoms with Crippen molar-refractivity contribution in [1.82, 2.24) is 9.62 Å². The number of halogens is 1. The van der Waals surface area contributed by atoms with Crippen molar-refractivity contribution in [2.24, 2.45) is 5.92 Å². The van der Waals surface area contributed by atoms with Crippen molar-refractivity contribution < 1.29 is 13.2 Å². The van der Waals surface area contributed by atoms with Gasteiger partial charge in [-0.1, -0.05) is 33.6 Å². The highest BCUT2D eigenvalue weighted by molar-refractivity contribution is 9.10. The molecule has 7 heteroatoms. The Bertz CT molecular complexity index is 904. The second-order valence-corrected chi connectivity index (χ2v) is 9.92. The summed E-state index contributed by atoms with van der Waals surface area (Å²) in [4.78, 5) is 14.7. The van der Waals surface area contributed by atoms with E-state index in [2.05, 4.69) is 20.7 Å². The lowest BCUT2D eigenvalue weighted by Crippen LogP contribution is -2.39. The van der Waals surface area contributed by atoms with Crippen molar-refractivity contribution in [2.75, 3.05) is 19.6 Å². The third-order valence-electron chi connectivity index (χ3n) is 5.17. The number of likely N-dealkylation sites (tertiary alicyclic amines) is 1. The van der Waals surface area contributed by atoms with Gasteiger partial charge in [0.25, 0.3) is 5.91 Å². The first-order valence-electron chi connectivity index (χ1n) is 9.46. The third-order valence-corrected chi connectivity index (χ3v) is 7.17. The summed E-state index contributed by atoms with van der Waals surface area (Å²) in [5.74, 6) is 0.504. The Morgan fingerprint density at radius 1 is 1.07 bits per heavy atom. The first-order valence-corrected chi connectivity index (χ1v) is 11.7. The summed E-state index contributed by atoms with van der Waals surface area (Å²) < 4.78 is 28.2. The molecule has 1 aliphatic rings. The maximum Gasteiger partial charge on any atom is 0.253 e. The topological polar surface area (TPSA) is 66.5 Å². The van der Waals surface area contributed by atoms with Gasteiger partial charge in [-0.05, 0) is 68.5 Å². The molecule has 1 heterocycles. The molecule has 0 atom stereocenters. The van der Waals surface area contributed by atoms with Crippen molar-refractivity contribution >= 4 is 31.9 Å². The zero-order valence-electron chi connectivity index (χ0n) is 15.9. The van der Waals surface area contributed by atoms with Gasteiger partial charge in [-0.15, -0.1) is 0 Å². The summed E-state index contributed by atoms with van der Waals surface area (Å²) in [5, 5.41) is 0. The maximum absolute atomic E-state index is 12.6. The predicted molar refractivity (Wildman–Crippen MR) is 114 cm³/mol. The largest absolute Gasteiger partial charge is 0.339 e. The lowest BCUT2D eigenvalue weighted by Gasteiger charge is -2.32. The maximum atomic E-state index is 12.6. The Morgan fingerprint density at radius 2 is 1.68 bits per heavy atom. The molecule has 0 radical (unpaired) electrons. The molecular weight excluding hydrogens is 440 g/mol. The Morgan fingerprint density at radius 3 is 2.29 bits per heavy atom. The number of carbonyl (C=O) groups excluding carboxylic acids is 1. The van der Waals surface area contributed by atoms with Gasteiger partial charge in [-0.3, -0.25) is 4.79 Å². The summed E-state index contributed by atoms with van der Waals surface area (Å²) >= 11 is 3.31. The minimum Gasteiger partial charge on any atom is -0.339 e. The van der Waals surface area contributed by atoms with Gasteiger partial charge < -0.3 is 4.90 Å². The summed E-state index contributed by atoms with van der Waals surface area (Å²) in [6, 6.07) is 14.3. The molecule has 5 nitrogen and oxygen atoms in total. The van der Waals surface area contributed by atoms with Crippen LogP contribution in [0.3, 0.4) is 0 Å². The third kappa shape index (κ3) is 5.43. The first-order chi connectivity index (χ1) is 13.3. The molecule has 1 amide bonds. The summed E-state index contributed by atoms with van der Waals surface area (Å²) in [5.41, 5.74) is 1.87. The van der Waals surface area contributed by atoms with Gasteiger partial charge in [0.05, 0.1) is 4.90 Å². The zero-order chi connectivity index (χ0) is 20.1. The van der Waals surface area contributed by atoms with Crippen LogP contribution in [-0.2, 0) is 10.0 Å². The number of amides is 1. The second-order valence-electron chi connectivity index (χ2n) is 7.24. The van der Waals surface area contributed by atoms with E-state index >= 15 is 0 Å². The van der Waals surface area contributed by atoms with Crippen LogP contribution >= 0.6 is 15.9 Å². The number of sulfonamides is 1. The van der Waals surface area contributed by atoms with E-state index in [0.29, 0.717) is 12.5 Å². The van der Waals surface area contributed by atoms with E-state index < -0.39 is 10.0 Å². The molecule has 0 unspecified atom stereocenters. The van der Waals surface area contributed by atoms with Crippen LogP contribution in [0, 0.1) is 12.8 Å². The molecule has 1 N–H and O–H groups in total. The lowest BCUT2D eigenvalue weighted by atomic mass is 9.93. The predicted octanol–water partition coefficient (Wildman–Crippen LogP) is 3.98. The highest BCUT2D eigenvalue weighted by Gasteiger charge is 2.24. The van der Waals surface area contributed by atoms with E-state index in [1.165, 1.54) is 0 Å². The van der Waals surface area contributed by atoms with Crippen LogP contribution in [0.25, 0.3) is 0 Å². The number of nitrogens with one attached hydrogen (secondary N) is 1. The van der Waals surface area contributed by atoms with Crippen molar-refractivity contribution in [3.8, 4) is 0 Å². The zero-order valence-corrected chi connectivity index (χ0v) is 18.3. The SMILES string of the molecule is Cc1ccc(C(=O)N2CCC(CCNS(=O)(=O)c3ccc(Br)cc3)CC2)cc1. The molecule has 0 spiro atoms. The lowest BCUT2D eigenvalue weighted by molar-refractivity contribution is 0.0687. The van der Waals surface area contributed by atoms with Crippen LogP contribution < -0.4 is 4.72 Å². The minimum absolute atomic E-state index is 0.0781. The molecule has 1 saturated heterocycles. The summed E-state index contributed by atoms with van der Waals surface area (Å²) in [6.07, 6.45) is 2.58. The highest BCUT2D eigenvalue weighted by atomic mass is 79.9. The molecule has 2 aromatic carbocycles. The van der Waals surface area contributed by atoms with Crippen molar-refractivity contribution in [1.29, 1.82) is 0 Å². The van der Waals surface area contributed by atoms with E-state index in [1.54, 1.807) is 24.3 Å². The molecule has 0 saturated carbocycles. The Hall–Kier alpha value is -1.70. The summed E-state index contributed by atoms with van der Waals surface area (Å²) in [7, 11) is -3.48. The standard InChI is InChI=1S/C21H25BrN2O3S/c1-16-2-4-18(5-3-16)21(25)24-14-11-17(12-15-24)10-13-23-28(26,27)20-8-6-19(22)7-9-20/h2-9,17,23H,10-15H2,1H3. The quantitative estimate of drug-likeness (QED) is 0.702. The van der Waals surface area contributed by atoms with Gasteiger partial charge in [0.1, 0.15) is 0 Å². The van der Waals surface area contributed by atoms with E-state index in [1.807, 2.05) is 36.1 Å². The number of carbonyl (C=O) groups is 1. The molecule has 3 rings (SSSR count). The number of hydrogen-bond acceptors (Lipinski definition) is 3. The molecule has 0 bridgehead atoms. The van der Waals surface area contributed by atoms with Crippen LogP contribution in [0.1, 0.15) is 35.2 Å². The number of hydrogen-bond donors (Lipinski definition) is 1. The fourth-order valence-corrected chi connectivity index (χ4v) is 4.71. The first kappa shape index (κ1) is 21.0. The molecular formula is C21H25BrN2O3S. The van der Waals surface area contributed by atoms with Gasteiger partial charge in [0.2, 0.25) is 10.0 Å². The van der Waals surface area contributed by atoms with E-state index in [0.717, 1.165) is 48.0 Å². The van der Waals surface area contributed by atoms with Crippen LogP contribution in [0.4, 0.5) is 0 Å². The Balaban J connectivity index is 1.45. The smallest absolute Gasteiger partial charge is 0.253 e. The molecule has 1 fully saturated rings. The fourth-order valence-electron chi connectivity index (χ4n) is 3.40. The minimum atomic E-state index is -3.48. The van der Waals surface area contributed by atoms with Crippen LogP contribution in [0.15, 0.2) is 57.9 Å². The molecule has 150 valence electrons. The molecule has 0 aliphatic carbocycles. The van der Waals surface area contributed by atoms with Crippen molar-refractivity contribution in [3.63, 3.8) is 0 Å². The Kier molecular flexibility index (Phi) is 6.91. The summed E-state index contributed by atoms with van der Waals surface area (Å²) in [6.45, 7) is 3.85. The van der Waals surface area contributed by atoms with E-state index in [4.69, 9.17) is 0 Å². The van der Waals surface area contributed by atoms with Gasteiger partial charge in [-0.2, -0.15) is 0 Å². The van der Waals surface area contributed by atoms with Gasteiger partial charge in [0.15, 0.2) is 0 Å². The van der Waals surface area contributed by atoms with Gasteiger partial charge in [0, 0.05) is 29.7 Å². The van der Waals surface area contributed by atoms with Gasteiger partial charge in [-0.25, -0.2) is 13.1 Å². The highest BCUT2D eigenvalue weighted by Crippen LogP contribution is 2.22. The molecule has 28 heavy (non-hydrogen) atoms. The fraction of sp³-hybridized carbons (Fsp3) is 0.381. The second kappa shape index (κ2) is 9.20. The Labute approximate surface area is 175 Å². The molecule has 1 aliphatic heterocycles. The van der Waals surface area contributed by atoms with Crippen LogP contribution in [0.5, 0.6) is 0 Å². The van der Waals surface area contributed by atoms with Crippen LogP contribution in [0.2, 0.25) is 0 Å². The van der Waals surface area contributed by atoms with Crippen molar-refractivity contribution in [2.45, 2.75) is 31.1 Å². The normalized spacial score (nSPS) is 15.6. The molecule has 0 aromatic heterocycles. The molecule has 2 aromatic rings. The average molecular weight is 465 g/mol. The monoisotopic (exact) mass is 464 g/mol. The van der Waals surface area contributed by atoms with E-state index in [-0.39, 0.29) is 10.8 Å². The van der Waals surface area contributed by atoms with Crippen molar-refractivity contribution in [3.05, 3.63) is 64.1 Å². The number of aryl methyl sites for hydroxylation is 1. The van der Waals surface area contributed by atoms with E-state index in [9.17, 15) is 13.2 Å². The number of rotatable bonds is 6. The number of nitrogens with zero attached hydrogens (tertiary/aromatic N) is 1. The van der Waals surface area contributed by atoms with Crippen LogP contribution in [-0.4, -0.2) is 38.9 Å².